The molecule has 0 amide bonds. The third-order valence-electron chi connectivity index (χ3n) is 2.06. The van der Waals surface area contributed by atoms with Gasteiger partial charge in [0, 0.05) is 5.88 Å². The molecule has 1 heteroatoms. The van der Waals surface area contributed by atoms with E-state index in [4.69, 9.17) is 11.6 Å². The zero-order valence-electron chi connectivity index (χ0n) is 7.86. The molecule has 1 unspecified atom stereocenters. The van der Waals surface area contributed by atoms with Gasteiger partial charge in [0.2, 0.25) is 0 Å². The Morgan fingerprint density at radius 2 is 2.00 bits per heavy atom. The molecule has 11 heavy (non-hydrogen) atoms. The molecule has 0 aliphatic heterocycles. The topological polar surface area (TPSA) is 0 Å². The van der Waals surface area contributed by atoms with Crippen LogP contribution in [0.5, 0.6) is 0 Å². The van der Waals surface area contributed by atoms with Crippen molar-refractivity contribution in [3.05, 3.63) is 12.2 Å². The molecule has 1 atom stereocenters. The predicted molar refractivity (Wildman–Crippen MR) is 53.2 cm³/mol. The summed E-state index contributed by atoms with van der Waals surface area (Å²) in [6.07, 6.45) is 7.97. The van der Waals surface area contributed by atoms with Crippen LogP contribution < -0.4 is 0 Å². The van der Waals surface area contributed by atoms with Crippen LogP contribution in [-0.4, -0.2) is 5.88 Å². The minimum atomic E-state index is 0.339. The average Bonchev–Trinajstić information content (AvgIpc) is 1.88. The van der Waals surface area contributed by atoms with Gasteiger partial charge < -0.3 is 0 Å². The molecule has 0 N–H and O–H groups in total. The summed E-state index contributed by atoms with van der Waals surface area (Å²) in [4.78, 5) is 0. The summed E-state index contributed by atoms with van der Waals surface area (Å²) >= 11 is 5.72. The highest BCUT2D eigenvalue weighted by molar-refractivity contribution is 6.17. The molecule has 0 aliphatic carbocycles. The van der Waals surface area contributed by atoms with Gasteiger partial charge >= 0.3 is 0 Å². The minimum absolute atomic E-state index is 0.339. The van der Waals surface area contributed by atoms with Crippen molar-refractivity contribution in [3.8, 4) is 0 Å². The van der Waals surface area contributed by atoms with E-state index in [-0.39, 0.29) is 0 Å². The molecule has 0 radical (unpaired) electrons. The maximum atomic E-state index is 5.72. The summed E-state index contributed by atoms with van der Waals surface area (Å²) in [5.41, 5.74) is 0.339. The van der Waals surface area contributed by atoms with Crippen molar-refractivity contribution in [1.29, 1.82) is 0 Å². The van der Waals surface area contributed by atoms with Gasteiger partial charge in [0.1, 0.15) is 0 Å². The van der Waals surface area contributed by atoms with Gasteiger partial charge in [-0.05, 0) is 25.2 Å². The van der Waals surface area contributed by atoms with Crippen molar-refractivity contribution < 1.29 is 0 Å². The van der Waals surface area contributed by atoms with E-state index in [9.17, 15) is 0 Å². The van der Waals surface area contributed by atoms with E-state index < -0.39 is 0 Å². The first-order valence-corrected chi connectivity index (χ1v) is 4.92. The van der Waals surface area contributed by atoms with Crippen molar-refractivity contribution in [2.75, 3.05) is 5.88 Å². The average molecular weight is 175 g/mol. The second kappa shape index (κ2) is 5.65. The van der Waals surface area contributed by atoms with E-state index >= 15 is 0 Å². The molecule has 0 rings (SSSR count). The molecular weight excluding hydrogens is 156 g/mol. The summed E-state index contributed by atoms with van der Waals surface area (Å²) in [5, 5.41) is 0. The molecule has 0 aliphatic rings. The van der Waals surface area contributed by atoms with Crippen molar-refractivity contribution in [3.63, 3.8) is 0 Å². The maximum absolute atomic E-state index is 5.72. The summed E-state index contributed by atoms with van der Waals surface area (Å²) in [7, 11) is 0. The molecule has 0 spiro atoms. The normalized spacial score (nSPS) is 17.1. The number of rotatable bonds is 5. The van der Waals surface area contributed by atoms with E-state index in [1.54, 1.807) is 0 Å². The Labute approximate surface area is 75.6 Å². The summed E-state index contributed by atoms with van der Waals surface area (Å²) in [6, 6.07) is 0. The van der Waals surface area contributed by atoms with Crippen LogP contribution in [0.3, 0.4) is 0 Å². The molecular formula is C10H19Cl. The quantitative estimate of drug-likeness (QED) is 0.437. The molecule has 0 saturated carbocycles. The highest BCUT2D eigenvalue weighted by Gasteiger charge is 2.17. The molecule has 0 aromatic heterocycles. The Bertz CT molecular complexity index is 110. The molecule has 0 saturated heterocycles. The van der Waals surface area contributed by atoms with Crippen molar-refractivity contribution >= 4 is 11.6 Å². The second-order valence-electron chi connectivity index (χ2n) is 3.34. The van der Waals surface area contributed by atoms with Crippen LogP contribution in [-0.2, 0) is 0 Å². The Morgan fingerprint density at radius 1 is 1.36 bits per heavy atom. The first-order valence-electron chi connectivity index (χ1n) is 4.38. The molecule has 0 aromatic carbocycles. The third-order valence-corrected chi connectivity index (χ3v) is 2.24. The zero-order chi connectivity index (χ0) is 8.74. The highest BCUT2D eigenvalue weighted by Crippen LogP contribution is 2.29. The Hall–Kier alpha value is 0.0300. The summed E-state index contributed by atoms with van der Waals surface area (Å²) < 4.78 is 0. The van der Waals surface area contributed by atoms with Gasteiger partial charge in [-0.3, -0.25) is 0 Å². The lowest BCUT2D eigenvalue weighted by molar-refractivity contribution is 0.374. The standard InChI is InChI=1S/C10H19Cl/c1-4-6-10(3,7-5-2)8-9-11/h4,6H,5,7-9H2,1-3H3/b6-4-. The van der Waals surface area contributed by atoms with Crippen LogP contribution in [0.4, 0.5) is 0 Å². The third kappa shape index (κ3) is 4.47. The van der Waals surface area contributed by atoms with E-state index in [2.05, 4.69) is 32.9 Å². The number of allylic oxidation sites excluding steroid dienone is 2. The van der Waals surface area contributed by atoms with E-state index in [1.165, 1.54) is 12.8 Å². The van der Waals surface area contributed by atoms with Crippen molar-refractivity contribution in [2.24, 2.45) is 5.41 Å². The van der Waals surface area contributed by atoms with Crippen LogP contribution in [0.2, 0.25) is 0 Å². The smallest absolute Gasteiger partial charge is 0.0231 e. The summed E-state index contributed by atoms with van der Waals surface area (Å²) in [6.45, 7) is 6.57. The molecule has 66 valence electrons. The maximum Gasteiger partial charge on any atom is 0.0231 e. The largest absolute Gasteiger partial charge is 0.127 e. The lowest BCUT2D eigenvalue weighted by atomic mass is 9.83. The highest BCUT2D eigenvalue weighted by atomic mass is 35.5. The van der Waals surface area contributed by atoms with E-state index in [0.29, 0.717) is 5.41 Å². The summed E-state index contributed by atoms with van der Waals surface area (Å²) in [5.74, 6) is 0.765. The van der Waals surface area contributed by atoms with Gasteiger partial charge in [-0.15, -0.1) is 11.6 Å². The van der Waals surface area contributed by atoms with E-state index in [0.717, 1.165) is 12.3 Å². The fourth-order valence-electron chi connectivity index (χ4n) is 1.48. The number of alkyl halides is 1. The molecule has 0 fully saturated rings. The Kier molecular flexibility index (Phi) is 5.67. The minimum Gasteiger partial charge on any atom is -0.127 e. The Balaban J connectivity index is 4.01. The lowest BCUT2D eigenvalue weighted by Crippen LogP contribution is -2.13. The van der Waals surface area contributed by atoms with Gasteiger partial charge in [-0.25, -0.2) is 0 Å². The number of hydrogen-bond acceptors (Lipinski definition) is 0. The fourth-order valence-corrected chi connectivity index (χ4v) is 1.91. The van der Waals surface area contributed by atoms with Crippen LogP contribution in [0.1, 0.15) is 40.0 Å². The molecule has 0 bridgehead atoms. The number of halogens is 1. The van der Waals surface area contributed by atoms with Gasteiger partial charge in [-0.1, -0.05) is 32.4 Å². The van der Waals surface area contributed by atoms with Crippen LogP contribution in [0.25, 0.3) is 0 Å². The Morgan fingerprint density at radius 3 is 2.36 bits per heavy atom. The first kappa shape index (κ1) is 11.0. The predicted octanol–water partition coefficient (Wildman–Crippen LogP) is 4.00. The fraction of sp³-hybridized carbons (Fsp3) is 0.800. The van der Waals surface area contributed by atoms with Gasteiger partial charge in [0.05, 0.1) is 0 Å². The van der Waals surface area contributed by atoms with Crippen LogP contribution >= 0.6 is 11.6 Å². The SMILES string of the molecule is C/C=C\C(C)(CCC)CCCl. The van der Waals surface area contributed by atoms with Gasteiger partial charge in [0.15, 0.2) is 0 Å². The van der Waals surface area contributed by atoms with Crippen molar-refractivity contribution in [2.45, 2.75) is 40.0 Å². The molecule has 0 heterocycles. The molecule has 0 aromatic rings. The van der Waals surface area contributed by atoms with Crippen LogP contribution in [0.15, 0.2) is 12.2 Å². The molecule has 0 nitrogen and oxygen atoms in total. The van der Waals surface area contributed by atoms with Crippen molar-refractivity contribution in [1.82, 2.24) is 0 Å². The zero-order valence-corrected chi connectivity index (χ0v) is 8.62. The lowest BCUT2D eigenvalue weighted by Gasteiger charge is -2.24. The van der Waals surface area contributed by atoms with Crippen LogP contribution in [0, 0.1) is 5.41 Å². The van der Waals surface area contributed by atoms with Gasteiger partial charge in [-0.2, -0.15) is 0 Å². The monoisotopic (exact) mass is 174 g/mol. The van der Waals surface area contributed by atoms with Gasteiger partial charge in [0.25, 0.3) is 0 Å². The van der Waals surface area contributed by atoms with E-state index in [1.807, 2.05) is 0 Å². The second-order valence-corrected chi connectivity index (χ2v) is 3.72. The number of hydrogen-bond donors (Lipinski definition) is 0. The first-order chi connectivity index (χ1) is 5.18.